The molecule has 0 aromatic carbocycles. The summed E-state index contributed by atoms with van der Waals surface area (Å²) < 4.78 is 6.02. The van der Waals surface area contributed by atoms with Crippen LogP contribution in [-0.4, -0.2) is 44.3 Å². The first kappa shape index (κ1) is 12.9. The molecule has 0 aromatic heterocycles. The topological polar surface area (TPSA) is 38.5 Å². The summed E-state index contributed by atoms with van der Waals surface area (Å²) in [6.07, 6.45) is 7.34. The van der Waals surface area contributed by atoms with Crippen molar-refractivity contribution in [3.05, 3.63) is 0 Å². The number of nitrogens with zero attached hydrogens (tertiary/aromatic N) is 1. The number of nitrogens with two attached hydrogens (primary N) is 1. The Labute approximate surface area is 94.0 Å². The first-order valence-corrected chi connectivity index (χ1v) is 6.17. The Balaban J connectivity index is 2.20. The maximum Gasteiger partial charge on any atom is 0.0804 e. The molecule has 0 bridgehead atoms. The van der Waals surface area contributed by atoms with Crippen molar-refractivity contribution in [2.24, 2.45) is 5.73 Å². The van der Waals surface area contributed by atoms with Crippen LogP contribution < -0.4 is 5.73 Å². The minimum atomic E-state index is 0.0184. The van der Waals surface area contributed by atoms with Gasteiger partial charge in [-0.2, -0.15) is 0 Å². The van der Waals surface area contributed by atoms with Crippen LogP contribution in [0.15, 0.2) is 0 Å². The molecule has 0 spiro atoms. The number of hydrogen-bond donors (Lipinski definition) is 1. The van der Waals surface area contributed by atoms with Crippen LogP contribution in [0.1, 0.15) is 38.5 Å². The van der Waals surface area contributed by atoms with E-state index in [0.717, 1.165) is 32.4 Å². The second-order valence-electron chi connectivity index (χ2n) is 4.95. The van der Waals surface area contributed by atoms with Crippen molar-refractivity contribution in [2.75, 3.05) is 33.8 Å². The molecule has 2 N–H and O–H groups in total. The van der Waals surface area contributed by atoms with Crippen molar-refractivity contribution in [3.63, 3.8) is 0 Å². The van der Waals surface area contributed by atoms with E-state index in [2.05, 4.69) is 19.0 Å². The zero-order valence-electron chi connectivity index (χ0n) is 10.3. The first-order valence-electron chi connectivity index (χ1n) is 6.17. The lowest BCUT2D eigenvalue weighted by atomic mass is 9.85. The van der Waals surface area contributed by atoms with E-state index in [1.807, 2.05) is 0 Å². The third kappa shape index (κ3) is 4.49. The SMILES string of the molecule is CN(C)CCCOC1(CN)CCCCC1. The summed E-state index contributed by atoms with van der Waals surface area (Å²) in [5.41, 5.74) is 5.86. The van der Waals surface area contributed by atoms with Gasteiger partial charge in [0.1, 0.15) is 0 Å². The quantitative estimate of drug-likeness (QED) is 0.683. The van der Waals surface area contributed by atoms with E-state index in [-0.39, 0.29) is 5.60 Å². The molecule has 1 rings (SSSR count). The summed E-state index contributed by atoms with van der Waals surface area (Å²) >= 11 is 0. The van der Waals surface area contributed by atoms with Gasteiger partial charge in [-0.1, -0.05) is 19.3 Å². The molecule has 1 saturated carbocycles. The summed E-state index contributed by atoms with van der Waals surface area (Å²) in [6, 6.07) is 0. The maximum atomic E-state index is 6.02. The van der Waals surface area contributed by atoms with Gasteiger partial charge in [-0.15, -0.1) is 0 Å². The van der Waals surface area contributed by atoms with Crippen molar-refractivity contribution in [1.29, 1.82) is 0 Å². The Hall–Kier alpha value is -0.120. The molecule has 1 fully saturated rings. The molecule has 15 heavy (non-hydrogen) atoms. The Morgan fingerprint density at radius 2 is 1.87 bits per heavy atom. The van der Waals surface area contributed by atoms with Gasteiger partial charge in [-0.05, 0) is 39.9 Å². The highest BCUT2D eigenvalue weighted by atomic mass is 16.5. The van der Waals surface area contributed by atoms with Gasteiger partial charge in [0.15, 0.2) is 0 Å². The van der Waals surface area contributed by atoms with E-state index < -0.39 is 0 Å². The molecule has 0 unspecified atom stereocenters. The van der Waals surface area contributed by atoms with Gasteiger partial charge >= 0.3 is 0 Å². The second-order valence-corrected chi connectivity index (χ2v) is 4.95. The molecule has 0 aromatic rings. The Bertz CT molecular complexity index is 165. The van der Waals surface area contributed by atoms with Gasteiger partial charge < -0.3 is 15.4 Å². The summed E-state index contributed by atoms with van der Waals surface area (Å²) in [6.45, 7) is 2.64. The van der Waals surface area contributed by atoms with E-state index in [4.69, 9.17) is 10.5 Å². The summed E-state index contributed by atoms with van der Waals surface area (Å²) in [5.74, 6) is 0. The van der Waals surface area contributed by atoms with Crippen molar-refractivity contribution < 1.29 is 4.74 Å². The molecular formula is C12H26N2O. The standard InChI is InChI=1S/C12H26N2O/c1-14(2)9-6-10-15-12(11-13)7-4-3-5-8-12/h3-11,13H2,1-2H3. The molecule has 90 valence electrons. The molecule has 3 nitrogen and oxygen atoms in total. The van der Waals surface area contributed by atoms with E-state index >= 15 is 0 Å². The fourth-order valence-corrected chi connectivity index (χ4v) is 2.27. The molecule has 0 heterocycles. The van der Waals surface area contributed by atoms with E-state index in [9.17, 15) is 0 Å². The lowest BCUT2D eigenvalue weighted by Gasteiger charge is -2.36. The highest BCUT2D eigenvalue weighted by Crippen LogP contribution is 2.30. The third-order valence-corrected chi connectivity index (χ3v) is 3.29. The minimum Gasteiger partial charge on any atom is -0.374 e. The van der Waals surface area contributed by atoms with Crippen LogP contribution in [0.25, 0.3) is 0 Å². The first-order chi connectivity index (χ1) is 7.18. The lowest BCUT2D eigenvalue weighted by molar-refractivity contribution is -0.0648. The van der Waals surface area contributed by atoms with E-state index in [1.54, 1.807) is 0 Å². The number of hydrogen-bond acceptors (Lipinski definition) is 3. The highest BCUT2D eigenvalue weighted by molar-refractivity contribution is 4.85. The molecule has 1 aliphatic carbocycles. The zero-order chi connectivity index (χ0) is 11.1. The largest absolute Gasteiger partial charge is 0.374 e. The molecule has 0 saturated heterocycles. The lowest BCUT2D eigenvalue weighted by Crippen LogP contribution is -2.43. The molecule has 0 amide bonds. The summed E-state index contributed by atoms with van der Waals surface area (Å²) in [7, 11) is 4.19. The van der Waals surface area contributed by atoms with Crippen LogP contribution in [-0.2, 0) is 4.74 Å². The molecule has 0 aliphatic heterocycles. The number of rotatable bonds is 6. The average Bonchev–Trinajstić information content (AvgIpc) is 2.26. The van der Waals surface area contributed by atoms with Crippen molar-refractivity contribution in [2.45, 2.75) is 44.1 Å². The Kier molecular flexibility index (Phi) is 5.58. The van der Waals surface area contributed by atoms with E-state index in [1.165, 1.54) is 19.3 Å². The van der Waals surface area contributed by atoms with Crippen LogP contribution in [0.3, 0.4) is 0 Å². The highest BCUT2D eigenvalue weighted by Gasteiger charge is 2.31. The molecule has 1 aliphatic rings. The molecule has 0 atom stereocenters. The molecule has 0 radical (unpaired) electrons. The minimum absolute atomic E-state index is 0.0184. The van der Waals surface area contributed by atoms with Crippen LogP contribution >= 0.6 is 0 Å². The van der Waals surface area contributed by atoms with Crippen LogP contribution in [0, 0.1) is 0 Å². The number of ether oxygens (including phenoxy) is 1. The fourth-order valence-electron chi connectivity index (χ4n) is 2.27. The average molecular weight is 214 g/mol. The van der Waals surface area contributed by atoms with Crippen molar-refractivity contribution in [1.82, 2.24) is 4.90 Å². The third-order valence-electron chi connectivity index (χ3n) is 3.29. The normalized spacial score (nSPS) is 20.8. The van der Waals surface area contributed by atoms with Gasteiger partial charge in [0, 0.05) is 13.2 Å². The van der Waals surface area contributed by atoms with Gasteiger partial charge in [0.2, 0.25) is 0 Å². The van der Waals surface area contributed by atoms with Gasteiger partial charge in [0.25, 0.3) is 0 Å². The summed E-state index contributed by atoms with van der Waals surface area (Å²) in [5, 5.41) is 0. The predicted octanol–water partition coefficient (Wildman–Crippen LogP) is 1.62. The van der Waals surface area contributed by atoms with Crippen LogP contribution in [0.4, 0.5) is 0 Å². The molecule has 3 heteroatoms. The smallest absolute Gasteiger partial charge is 0.0804 e. The Morgan fingerprint density at radius 3 is 2.40 bits per heavy atom. The van der Waals surface area contributed by atoms with Crippen LogP contribution in [0.2, 0.25) is 0 Å². The van der Waals surface area contributed by atoms with Gasteiger partial charge in [-0.3, -0.25) is 0 Å². The monoisotopic (exact) mass is 214 g/mol. The zero-order valence-corrected chi connectivity index (χ0v) is 10.3. The second kappa shape index (κ2) is 6.46. The Morgan fingerprint density at radius 1 is 1.20 bits per heavy atom. The van der Waals surface area contributed by atoms with E-state index in [0.29, 0.717) is 6.54 Å². The summed E-state index contributed by atoms with van der Waals surface area (Å²) in [4.78, 5) is 2.19. The maximum absolute atomic E-state index is 6.02. The predicted molar refractivity (Wildman–Crippen MR) is 64.0 cm³/mol. The van der Waals surface area contributed by atoms with Crippen molar-refractivity contribution in [3.8, 4) is 0 Å². The molecular weight excluding hydrogens is 188 g/mol. The van der Waals surface area contributed by atoms with Crippen molar-refractivity contribution >= 4 is 0 Å². The van der Waals surface area contributed by atoms with Gasteiger partial charge in [0.05, 0.1) is 5.60 Å². The van der Waals surface area contributed by atoms with Gasteiger partial charge in [-0.25, -0.2) is 0 Å². The van der Waals surface area contributed by atoms with Crippen LogP contribution in [0.5, 0.6) is 0 Å². The fraction of sp³-hybridized carbons (Fsp3) is 1.00.